The molecule has 3 heterocycles. The molecule has 0 amide bonds. The van der Waals surface area contributed by atoms with Gasteiger partial charge in [-0.25, -0.2) is 9.78 Å². The average Bonchev–Trinajstić information content (AvgIpc) is 3.86. The third kappa shape index (κ3) is 5.17. The first-order chi connectivity index (χ1) is 22.6. The van der Waals surface area contributed by atoms with E-state index in [2.05, 4.69) is 31.3 Å². The van der Waals surface area contributed by atoms with Crippen LogP contribution in [0.1, 0.15) is 54.1 Å². The Balaban J connectivity index is 1.10. The lowest BCUT2D eigenvalue weighted by Gasteiger charge is -2.25. The van der Waals surface area contributed by atoms with E-state index in [1.165, 1.54) is 19.3 Å². The van der Waals surface area contributed by atoms with Crippen molar-refractivity contribution in [1.29, 1.82) is 0 Å². The zero-order chi connectivity index (χ0) is 31.0. The van der Waals surface area contributed by atoms with Crippen molar-refractivity contribution in [2.24, 2.45) is 0 Å². The molecule has 46 heavy (non-hydrogen) atoms. The quantitative estimate of drug-likeness (QED) is 0.176. The van der Waals surface area contributed by atoms with Gasteiger partial charge in [-0.2, -0.15) is 5.21 Å². The van der Waals surface area contributed by atoms with Crippen LogP contribution < -0.4 is 4.74 Å². The summed E-state index contributed by atoms with van der Waals surface area (Å²) in [4.78, 5) is 16.9. The number of H-pyrrole nitrogens is 1. The van der Waals surface area contributed by atoms with Crippen molar-refractivity contribution in [3.05, 3.63) is 102 Å². The van der Waals surface area contributed by atoms with Crippen LogP contribution in [0.25, 0.3) is 56.1 Å². The van der Waals surface area contributed by atoms with Gasteiger partial charge in [-0.05, 0) is 90.9 Å². The predicted octanol–water partition coefficient (Wildman–Crippen LogP) is 8.08. The van der Waals surface area contributed by atoms with Gasteiger partial charge in [0.25, 0.3) is 0 Å². The normalized spacial score (nSPS) is 13.8. The van der Waals surface area contributed by atoms with Crippen LogP contribution >= 0.6 is 0 Å². The summed E-state index contributed by atoms with van der Waals surface area (Å²) >= 11 is 0. The van der Waals surface area contributed by atoms with Crippen LogP contribution in [0, 0.1) is 0 Å². The fourth-order valence-corrected chi connectivity index (χ4v) is 6.50. The molecule has 7 aromatic rings. The summed E-state index contributed by atoms with van der Waals surface area (Å²) in [6.45, 7) is 0.173. The molecule has 10 heteroatoms. The molecule has 0 spiro atoms. The number of ether oxygens (including phenoxy) is 1. The highest BCUT2D eigenvalue weighted by Crippen LogP contribution is 2.37. The van der Waals surface area contributed by atoms with Crippen LogP contribution in [0.2, 0.25) is 0 Å². The van der Waals surface area contributed by atoms with Gasteiger partial charge in [0.1, 0.15) is 29.5 Å². The molecule has 8 rings (SSSR count). The van der Waals surface area contributed by atoms with Crippen LogP contribution in [0.3, 0.4) is 0 Å². The van der Waals surface area contributed by atoms with Crippen molar-refractivity contribution in [2.75, 3.05) is 0 Å². The average molecular weight is 611 g/mol. The molecule has 0 saturated heterocycles. The number of rotatable bonds is 8. The first-order valence-electron chi connectivity index (χ1n) is 15.4. The highest BCUT2D eigenvalue weighted by molar-refractivity contribution is 5.90. The SMILES string of the molecule is O=C(O)c1ccc(-c2cc3ccccc3o2)c(COc2ccc(-c3nc4cc(-c5nn[nH]n5)ccc4n3C3CCCCC3)cc2)c1. The second-order valence-corrected chi connectivity index (χ2v) is 11.7. The number of hydrogen-bond donors (Lipinski definition) is 2. The van der Waals surface area contributed by atoms with Crippen LogP contribution in [0.15, 0.2) is 95.4 Å². The third-order valence-electron chi connectivity index (χ3n) is 8.78. The second-order valence-electron chi connectivity index (χ2n) is 11.7. The van der Waals surface area contributed by atoms with E-state index in [0.717, 1.165) is 62.9 Å². The number of aromatic carboxylic acids is 1. The summed E-state index contributed by atoms with van der Waals surface area (Å²) in [5, 5.41) is 25.1. The third-order valence-corrected chi connectivity index (χ3v) is 8.78. The maximum atomic E-state index is 11.8. The van der Waals surface area contributed by atoms with Gasteiger partial charge in [-0.15, -0.1) is 10.2 Å². The Morgan fingerprint density at radius 3 is 2.54 bits per heavy atom. The minimum atomic E-state index is -0.993. The van der Waals surface area contributed by atoms with Gasteiger partial charge in [0, 0.05) is 33.7 Å². The number of carbonyl (C=O) groups is 1. The molecule has 10 nitrogen and oxygen atoms in total. The lowest BCUT2D eigenvalue weighted by Crippen LogP contribution is -2.14. The van der Waals surface area contributed by atoms with Gasteiger partial charge in [0.15, 0.2) is 0 Å². The van der Waals surface area contributed by atoms with Crippen LogP contribution in [0.4, 0.5) is 0 Å². The summed E-state index contributed by atoms with van der Waals surface area (Å²) in [5.41, 5.74) is 6.31. The number of nitrogens with one attached hydrogen (secondary N) is 1. The summed E-state index contributed by atoms with van der Waals surface area (Å²) in [7, 11) is 0. The van der Waals surface area contributed by atoms with E-state index in [4.69, 9.17) is 14.1 Å². The molecule has 3 aromatic heterocycles. The lowest BCUT2D eigenvalue weighted by molar-refractivity contribution is 0.0696. The molecule has 0 atom stereocenters. The van der Waals surface area contributed by atoms with E-state index in [1.807, 2.05) is 66.7 Å². The minimum Gasteiger partial charge on any atom is -0.489 e. The molecule has 0 radical (unpaired) electrons. The molecular formula is C36H30N6O4. The molecule has 1 aliphatic rings. The van der Waals surface area contributed by atoms with Crippen molar-refractivity contribution in [3.8, 4) is 39.8 Å². The minimum absolute atomic E-state index is 0.173. The Hall–Kier alpha value is -5.77. The highest BCUT2D eigenvalue weighted by Gasteiger charge is 2.23. The molecule has 0 aliphatic heterocycles. The number of aromatic amines is 1. The summed E-state index contributed by atoms with van der Waals surface area (Å²) < 4.78 is 14.7. The molecule has 4 aromatic carbocycles. The highest BCUT2D eigenvalue weighted by atomic mass is 16.5. The number of carboxylic acids is 1. The number of furan rings is 1. The van der Waals surface area contributed by atoms with E-state index in [1.54, 1.807) is 18.2 Å². The molecule has 228 valence electrons. The smallest absolute Gasteiger partial charge is 0.335 e. The number of hydrogen-bond acceptors (Lipinski definition) is 7. The maximum Gasteiger partial charge on any atom is 0.335 e. The Morgan fingerprint density at radius 1 is 0.935 bits per heavy atom. The zero-order valence-electron chi connectivity index (χ0n) is 24.9. The van der Waals surface area contributed by atoms with Gasteiger partial charge < -0.3 is 18.8 Å². The number of para-hydroxylation sites is 1. The Morgan fingerprint density at radius 2 is 1.76 bits per heavy atom. The van der Waals surface area contributed by atoms with Crippen molar-refractivity contribution >= 4 is 28.0 Å². The molecule has 2 N–H and O–H groups in total. The largest absolute Gasteiger partial charge is 0.489 e. The molecule has 0 bridgehead atoms. The van der Waals surface area contributed by atoms with Crippen molar-refractivity contribution in [1.82, 2.24) is 30.2 Å². The van der Waals surface area contributed by atoms with Gasteiger partial charge in [-0.1, -0.05) is 37.5 Å². The summed E-state index contributed by atoms with van der Waals surface area (Å²) in [6, 6.07) is 29.2. The van der Waals surface area contributed by atoms with Crippen molar-refractivity contribution in [3.63, 3.8) is 0 Å². The summed E-state index contributed by atoms with van der Waals surface area (Å²) in [5.74, 6) is 1.79. The van der Waals surface area contributed by atoms with E-state index >= 15 is 0 Å². The molecule has 0 unspecified atom stereocenters. The van der Waals surface area contributed by atoms with Gasteiger partial charge in [0.2, 0.25) is 5.82 Å². The number of aromatic nitrogens is 6. The zero-order valence-corrected chi connectivity index (χ0v) is 24.9. The van der Waals surface area contributed by atoms with E-state index in [-0.39, 0.29) is 12.2 Å². The Bertz CT molecular complexity index is 2140. The van der Waals surface area contributed by atoms with Gasteiger partial charge in [0.05, 0.1) is 16.6 Å². The van der Waals surface area contributed by atoms with Crippen LogP contribution in [-0.2, 0) is 6.61 Å². The van der Waals surface area contributed by atoms with Crippen molar-refractivity contribution < 1.29 is 19.1 Å². The second kappa shape index (κ2) is 11.6. The standard InChI is InChI=1S/C36H30N6O4/c43-36(44)25-12-16-29(33-20-23-6-4-5-9-32(23)46-33)26(18-25)21-45-28-14-10-22(11-15-28)35-37-30-19-24(34-38-40-41-39-34)13-17-31(30)42(35)27-7-2-1-3-8-27/h4-6,9-20,27H,1-3,7-8,21H2,(H,43,44)(H,38,39,40,41). The number of fused-ring (bicyclic) bond motifs is 2. The fourth-order valence-electron chi connectivity index (χ4n) is 6.50. The van der Waals surface area contributed by atoms with Crippen LogP contribution in [-0.4, -0.2) is 41.3 Å². The van der Waals surface area contributed by atoms with E-state index < -0.39 is 5.97 Å². The lowest BCUT2D eigenvalue weighted by atomic mass is 9.95. The first-order valence-corrected chi connectivity index (χ1v) is 15.4. The topological polar surface area (TPSA) is 132 Å². The number of tetrazole rings is 1. The Kier molecular flexibility index (Phi) is 7.01. The van der Waals surface area contributed by atoms with Gasteiger partial charge in [-0.3, -0.25) is 0 Å². The predicted molar refractivity (Wildman–Crippen MR) is 173 cm³/mol. The van der Waals surface area contributed by atoms with E-state index in [0.29, 0.717) is 23.4 Å². The number of carboxylic acid groups (broad SMARTS) is 1. The molecule has 1 saturated carbocycles. The molecule has 1 aliphatic carbocycles. The van der Waals surface area contributed by atoms with E-state index in [9.17, 15) is 9.90 Å². The molecular weight excluding hydrogens is 580 g/mol. The van der Waals surface area contributed by atoms with Crippen LogP contribution in [0.5, 0.6) is 5.75 Å². The number of imidazole rings is 1. The molecule has 1 fully saturated rings. The summed E-state index contributed by atoms with van der Waals surface area (Å²) in [6.07, 6.45) is 5.91. The van der Waals surface area contributed by atoms with Gasteiger partial charge >= 0.3 is 5.97 Å². The van der Waals surface area contributed by atoms with Crippen molar-refractivity contribution in [2.45, 2.75) is 44.8 Å². The Labute approximate surface area is 263 Å². The number of nitrogens with zero attached hydrogens (tertiary/aromatic N) is 5. The number of benzene rings is 4. The fraction of sp³-hybridized carbons (Fsp3) is 0.194. The maximum absolute atomic E-state index is 11.8. The monoisotopic (exact) mass is 610 g/mol. The first kappa shape index (κ1) is 27.8.